The third-order valence-electron chi connectivity index (χ3n) is 4.90. The molecule has 1 fully saturated rings. The summed E-state index contributed by atoms with van der Waals surface area (Å²) in [5.74, 6) is 1.94. The molecule has 0 saturated carbocycles. The third-order valence-corrected chi connectivity index (χ3v) is 4.90. The number of halogens is 1. The topological polar surface area (TPSA) is 96.9 Å². The number of carbonyl (C=O) groups excluding carboxylic acids is 1. The van der Waals surface area contributed by atoms with Gasteiger partial charge in [-0.25, -0.2) is 4.98 Å². The molecule has 8 nitrogen and oxygen atoms in total. The van der Waals surface area contributed by atoms with Crippen LogP contribution in [-0.2, 0) is 16.1 Å². The largest absolute Gasteiger partial charge is 0.488 e. The average Bonchev–Trinajstić information content (AvgIpc) is 3.26. The molecule has 3 N–H and O–H groups in total. The fraction of sp³-hybridized carbons (Fsp3) is 0.435. The van der Waals surface area contributed by atoms with Gasteiger partial charge < -0.3 is 25.4 Å². The first-order valence-electron chi connectivity index (χ1n) is 10.5. The maximum atomic E-state index is 12.1. The van der Waals surface area contributed by atoms with Crippen LogP contribution in [0.4, 0.5) is 5.82 Å². The average molecular weight is 553 g/mol. The van der Waals surface area contributed by atoms with E-state index in [1.54, 1.807) is 19.3 Å². The van der Waals surface area contributed by atoms with Crippen molar-refractivity contribution in [1.29, 1.82) is 0 Å². The Bertz CT molecular complexity index is 899. The number of rotatable bonds is 8. The number of nitrogens with zero attached hydrogens (tertiary/aromatic N) is 2. The molecule has 1 aliphatic heterocycles. The number of aryl methyl sites for hydroxylation is 2. The lowest BCUT2D eigenvalue weighted by Crippen LogP contribution is -2.38. The number of pyridine rings is 1. The zero-order valence-corrected chi connectivity index (χ0v) is 21.1. The van der Waals surface area contributed by atoms with Gasteiger partial charge in [-0.3, -0.25) is 9.79 Å². The summed E-state index contributed by atoms with van der Waals surface area (Å²) in [7, 11) is 1.70. The Morgan fingerprint density at radius 1 is 1.22 bits per heavy atom. The Morgan fingerprint density at radius 3 is 2.72 bits per heavy atom. The lowest BCUT2D eigenvalue weighted by Gasteiger charge is -2.18. The Labute approximate surface area is 206 Å². The van der Waals surface area contributed by atoms with Gasteiger partial charge >= 0.3 is 0 Å². The molecule has 0 spiro atoms. The first-order chi connectivity index (χ1) is 15.0. The van der Waals surface area contributed by atoms with Crippen LogP contribution in [-0.4, -0.2) is 49.8 Å². The molecule has 174 valence electrons. The monoisotopic (exact) mass is 553 g/mol. The second-order valence-corrected chi connectivity index (χ2v) is 7.59. The second-order valence-electron chi connectivity index (χ2n) is 7.59. The highest BCUT2D eigenvalue weighted by Crippen LogP contribution is 2.23. The highest BCUT2D eigenvalue weighted by atomic mass is 127. The van der Waals surface area contributed by atoms with Crippen LogP contribution in [0.3, 0.4) is 0 Å². The van der Waals surface area contributed by atoms with E-state index in [4.69, 9.17) is 9.47 Å². The van der Waals surface area contributed by atoms with Crippen molar-refractivity contribution in [3.05, 3.63) is 53.2 Å². The molecule has 1 atom stereocenters. The lowest BCUT2D eigenvalue weighted by atomic mass is 10.1. The predicted molar refractivity (Wildman–Crippen MR) is 137 cm³/mol. The molecule has 32 heavy (non-hydrogen) atoms. The second kappa shape index (κ2) is 13.2. The predicted octanol–water partition coefficient (Wildman–Crippen LogP) is 3.18. The quantitative estimate of drug-likeness (QED) is 0.264. The van der Waals surface area contributed by atoms with Gasteiger partial charge in [0, 0.05) is 44.7 Å². The Balaban J connectivity index is 0.00000363. The Hall–Kier alpha value is -2.40. The molecule has 9 heteroatoms. The molecule has 0 radical (unpaired) electrons. The fourth-order valence-electron chi connectivity index (χ4n) is 3.14. The molecule has 2 heterocycles. The van der Waals surface area contributed by atoms with Crippen LogP contribution in [0.2, 0.25) is 0 Å². The molecule has 2 aromatic rings. The van der Waals surface area contributed by atoms with Crippen molar-refractivity contribution in [2.24, 2.45) is 4.99 Å². The number of hydrogen-bond donors (Lipinski definition) is 3. The van der Waals surface area contributed by atoms with E-state index in [1.165, 1.54) is 0 Å². The van der Waals surface area contributed by atoms with E-state index >= 15 is 0 Å². The van der Waals surface area contributed by atoms with Crippen molar-refractivity contribution in [3.8, 4) is 5.75 Å². The Morgan fingerprint density at radius 2 is 2.03 bits per heavy atom. The summed E-state index contributed by atoms with van der Waals surface area (Å²) in [6, 6.07) is 9.88. The molecule has 1 aliphatic rings. The van der Waals surface area contributed by atoms with Crippen LogP contribution in [0.1, 0.15) is 29.5 Å². The van der Waals surface area contributed by atoms with Crippen molar-refractivity contribution in [1.82, 2.24) is 15.6 Å². The Kier molecular flexibility index (Phi) is 10.7. The summed E-state index contributed by atoms with van der Waals surface area (Å²) in [5.41, 5.74) is 3.24. The zero-order valence-electron chi connectivity index (χ0n) is 18.8. The van der Waals surface area contributed by atoms with Crippen LogP contribution in [0, 0.1) is 13.8 Å². The molecular weight excluding hydrogens is 521 g/mol. The van der Waals surface area contributed by atoms with E-state index in [2.05, 4.69) is 44.1 Å². The molecule has 1 unspecified atom stereocenters. The fourth-order valence-corrected chi connectivity index (χ4v) is 3.14. The van der Waals surface area contributed by atoms with E-state index in [0.717, 1.165) is 35.5 Å². The number of benzene rings is 1. The smallest absolute Gasteiger partial charge is 0.227 e. The van der Waals surface area contributed by atoms with Gasteiger partial charge in [-0.1, -0.05) is 18.2 Å². The number of hydrogen-bond acceptors (Lipinski definition) is 5. The number of aromatic nitrogens is 1. The van der Waals surface area contributed by atoms with Crippen LogP contribution in [0.25, 0.3) is 0 Å². The van der Waals surface area contributed by atoms with E-state index in [9.17, 15) is 4.79 Å². The first-order valence-corrected chi connectivity index (χ1v) is 10.5. The van der Waals surface area contributed by atoms with Crippen LogP contribution >= 0.6 is 24.0 Å². The number of aliphatic imine (C=N–C) groups is 1. The molecule has 1 amide bonds. The summed E-state index contributed by atoms with van der Waals surface area (Å²) in [5, 5.41) is 9.24. The minimum Gasteiger partial charge on any atom is -0.488 e. The molecule has 0 aliphatic carbocycles. The number of carbonyl (C=O) groups is 1. The van der Waals surface area contributed by atoms with E-state index in [0.29, 0.717) is 37.9 Å². The number of ether oxygens (including phenoxy) is 2. The van der Waals surface area contributed by atoms with E-state index < -0.39 is 0 Å². The molecule has 1 aromatic carbocycles. The minimum absolute atomic E-state index is 0. The van der Waals surface area contributed by atoms with Gasteiger partial charge in [-0.15, -0.1) is 24.0 Å². The number of nitrogens with one attached hydrogen (secondary N) is 3. The van der Waals surface area contributed by atoms with Gasteiger partial charge in [-0.05, 0) is 37.1 Å². The highest BCUT2D eigenvalue weighted by molar-refractivity contribution is 14.0. The standard InChI is InChI=1S/C23H31N5O3.HI/c1-16-4-6-18(20(12-16)31-19-9-11-30-15-19)14-27-23(24-3)25-10-8-22(29)28-21-7-5-17(2)13-26-21;/h4-7,12-13,19H,8-11,14-15H2,1-3H3,(H2,24,25,27)(H,26,28,29);1H. The number of guanidine groups is 1. The van der Waals surface area contributed by atoms with Gasteiger partial charge in [0.25, 0.3) is 0 Å². The van der Waals surface area contributed by atoms with Crippen molar-refractivity contribution >= 4 is 41.7 Å². The maximum absolute atomic E-state index is 12.1. The van der Waals surface area contributed by atoms with Gasteiger partial charge in [-0.2, -0.15) is 0 Å². The van der Waals surface area contributed by atoms with Gasteiger partial charge in [0.05, 0.1) is 13.2 Å². The van der Waals surface area contributed by atoms with Crippen molar-refractivity contribution in [2.75, 3.05) is 32.1 Å². The summed E-state index contributed by atoms with van der Waals surface area (Å²) >= 11 is 0. The van der Waals surface area contributed by atoms with Crippen molar-refractivity contribution < 1.29 is 14.3 Å². The molecule has 3 rings (SSSR count). The normalized spacial score (nSPS) is 15.6. The third kappa shape index (κ3) is 8.27. The highest BCUT2D eigenvalue weighted by Gasteiger charge is 2.18. The molecule has 0 bridgehead atoms. The lowest BCUT2D eigenvalue weighted by molar-refractivity contribution is -0.116. The van der Waals surface area contributed by atoms with Crippen LogP contribution in [0.5, 0.6) is 5.75 Å². The van der Waals surface area contributed by atoms with Crippen molar-refractivity contribution in [2.45, 2.75) is 39.3 Å². The SMILES string of the molecule is CN=C(NCCC(=O)Nc1ccc(C)cn1)NCc1ccc(C)cc1OC1CCOC1.I. The summed E-state index contributed by atoms with van der Waals surface area (Å²) in [6.45, 7) is 6.39. The van der Waals surface area contributed by atoms with Gasteiger partial charge in [0.2, 0.25) is 5.91 Å². The van der Waals surface area contributed by atoms with Crippen LogP contribution in [0.15, 0.2) is 41.5 Å². The van der Waals surface area contributed by atoms with E-state index in [-0.39, 0.29) is 36.0 Å². The van der Waals surface area contributed by atoms with Gasteiger partial charge in [0.15, 0.2) is 5.96 Å². The van der Waals surface area contributed by atoms with Crippen LogP contribution < -0.4 is 20.7 Å². The number of anilines is 1. The van der Waals surface area contributed by atoms with E-state index in [1.807, 2.05) is 19.9 Å². The number of amides is 1. The summed E-state index contributed by atoms with van der Waals surface area (Å²) in [4.78, 5) is 20.5. The zero-order chi connectivity index (χ0) is 22.1. The maximum Gasteiger partial charge on any atom is 0.227 e. The van der Waals surface area contributed by atoms with Gasteiger partial charge in [0.1, 0.15) is 17.7 Å². The van der Waals surface area contributed by atoms with Crippen molar-refractivity contribution in [3.63, 3.8) is 0 Å². The first kappa shape index (κ1) is 25.9. The summed E-state index contributed by atoms with van der Waals surface area (Å²) < 4.78 is 11.6. The minimum atomic E-state index is -0.104. The molecular formula is C23H32IN5O3. The summed E-state index contributed by atoms with van der Waals surface area (Å²) in [6.07, 6.45) is 3.03. The molecule has 1 aromatic heterocycles. The molecule has 1 saturated heterocycles.